The fourth-order valence-corrected chi connectivity index (χ4v) is 5.48. The summed E-state index contributed by atoms with van der Waals surface area (Å²) in [7, 11) is 0. The van der Waals surface area contributed by atoms with Gasteiger partial charge in [-0.3, -0.25) is 9.13 Å². The lowest BCUT2D eigenvalue weighted by atomic mass is 10.0. The maximum Gasteiger partial charge on any atom is 0.237 e. The van der Waals surface area contributed by atoms with Crippen LogP contribution in [0.15, 0.2) is 29.5 Å². The Morgan fingerprint density at radius 3 is 2.77 bits per heavy atom. The first kappa shape index (κ1) is 18.6. The van der Waals surface area contributed by atoms with E-state index in [4.69, 9.17) is 9.97 Å². The molecule has 1 aliphatic carbocycles. The highest BCUT2D eigenvalue weighted by Crippen LogP contribution is 2.43. The second-order valence-electron chi connectivity index (χ2n) is 8.08. The third-order valence-corrected chi connectivity index (χ3v) is 6.92. The molecule has 9 nitrogen and oxygen atoms in total. The Hall–Kier alpha value is -3.14. The van der Waals surface area contributed by atoms with Gasteiger partial charge in [0.25, 0.3) is 0 Å². The van der Waals surface area contributed by atoms with Gasteiger partial charge in [-0.1, -0.05) is 19.8 Å². The van der Waals surface area contributed by atoms with Crippen molar-refractivity contribution in [3.05, 3.63) is 41.1 Å². The van der Waals surface area contributed by atoms with Gasteiger partial charge in [0.2, 0.25) is 5.95 Å². The highest BCUT2D eigenvalue weighted by atomic mass is 32.1. The Morgan fingerprint density at radius 2 is 2.00 bits per heavy atom. The van der Waals surface area contributed by atoms with Crippen LogP contribution in [0.2, 0.25) is 0 Å². The molecule has 0 amide bonds. The molecular weight excluding hydrogens is 410 g/mol. The summed E-state index contributed by atoms with van der Waals surface area (Å²) in [6, 6.07) is 0.610. The van der Waals surface area contributed by atoms with Crippen molar-refractivity contribution in [3.63, 3.8) is 0 Å². The van der Waals surface area contributed by atoms with Gasteiger partial charge in [0.05, 0.1) is 17.7 Å². The van der Waals surface area contributed by atoms with Crippen LogP contribution in [0.4, 0.5) is 5.82 Å². The Labute approximate surface area is 183 Å². The van der Waals surface area contributed by atoms with Crippen LogP contribution in [0, 0.1) is 6.92 Å². The molecule has 5 heterocycles. The number of nitrogens with zero attached hydrogens (tertiary/aromatic N) is 9. The quantitative estimate of drug-likeness (QED) is 0.482. The van der Waals surface area contributed by atoms with Crippen LogP contribution in [0.1, 0.15) is 56.7 Å². The highest BCUT2D eigenvalue weighted by molar-refractivity contribution is 7.07. The number of hydrogen-bond donors (Lipinski definition) is 0. The number of rotatable bonds is 4. The Bertz CT molecular complexity index is 1220. The van der Waals surface area contributed by atoms with Gasteiger partial charge < -0.3 is 4.90 Å². The van der Waals surface area contributed by atoms with Crippen molar-refractivity contribution in [3.8, 4) is 23.2 Å². The standard InChI is InChI=1S/C21H23N9S/c1-3-16-20-27-26-13(2)29(20)17-10-23-21(25-19(17)30(16)14-6-4-5-7-14)28-9-8-22-18(28)15-11-31-12-24-15/h8-12,14,16H,3-7H2,1-2H3/t16-/m1/s1. The first-order valence-corrected chi connectivity index (χ1v) is 11.7. The second-order valence-corrected chi connectivity index (χ2v) is 8.80. The first-order chi connectivity index (χ1) is 15.3. The van der Waals surface area contributed by atoms with Crippen LogP contribution < -0.4 is 4.90 Å². The topological polar surface area (TPSA) is 90.4 Å². The van der Waals surface area contributed by atoms with Gasteiger partial charge in [0, 0.05) is 23.8 Å². The Morgan fingerprint density at radius 1 is 1.13 bits per heavy atom. The molecule has 6 rings (SSSR count). The van der Waals surface area contributed by atoms with Crippen LogP contribution in [0.3, 0.4) is 0 Å². The minimum Gasteiger partial charge on any atom is -0.341 e. The van der Waals surface area contributed by atoms with E-state index >= 15 is 0 Å². The lowest BCUT2D eigenvalue weighted by Crippen LogP contribution is -2.42. The lowest BCUT2D eigenvalue weighted by Gasteiger charge is -2.41. The number of anilines is 1. The third kappa shape index (κ3) is 2.81. The van der Waals surface area contributed by atoms with E-state index < -0.39 is 0 Å². The monoisotopic (exact) mass is 433 g/mol. The van der Waals surface area contributed by atoms with E-state index in [2.05, 4.69) is 36.6 Å². The average Bonchev–Trinajstić information content (AvgIpc) is 3.59. The zero-order valence-corrected chi connectivity index (χ0v) is 18.3. The zero-order valence-electron chi connectivity index (χ0n) is 17.5. The number of imidazole rings is 1. The SMILES string of the molecule is CC[C@@H]1c2nnc(C)n2-c2cnc(-n3ccnc3-c3cscn3)nc2N1C1CCCC1. The molecular formula is C21H23N9S. The molecule has 0 spiro atoms. The minimum absolute atomic E-state index is 0.153. The summed E-state index contributed by atoms with van der Waals surface area (Å²) in [6.45, 7) is 4.20. The summed E-state index contributed by atoms with van der Waals surface area (Å²) in [4.78, 5) is 21.2. The molecule has 0 bridgehead atoms. The summed E-state index contributed by atoms with van der Waals surface area (Å²) >= 11 is 1.55. The van der Waals surface area contributed by atoms with Crippen LogP contribution in [0.5, 0.6) is 0 Å². The number of thiazole rings is 1. The molecule has 1 aliphatic heterocycles. The van der Waals surface area contributed by atoms with Crippen molar-refractivity contribution >= 4 is 17.2 Å². The van der Waals surface area contributed by atoms with Gasteiger partial charge >= 0.3 is 0 Å². The summed E-state index contributed by atoms with van der Waals surface area (Å²) < 4.78 is 4.03. The van der Waals surface area contributed by atoms with Gasteiger partial charge in [0.1, 0.15) is 17.2 Å². The summed E-state index contributed by atoms with van der Waals surface area (Å²) in [6.07, 6.45) is 11.4. The molecule has 158 valence electrons. The number of aromatic nitrogens is 8. The summed E-state index contributed by atoms with van der Waals surface area (Å²) in [5.74, 6) is 4.16. The Kier molecular flexibility index (Phi) is 4.34. The van der Waals surface area contributed by atoms with Crippen LogP contribution >= 0.6 is 11.3 Å². The molecule has 0 unspecified atom stereocenters. The molecule has 0 radical (unpaired) electrons. The normalized spacial score (nSPS) is 18.4. The van der Waals surface area contributed by atoms with E-state index in [0.29, 0.717) is 12.0 Å². The van der Waals surface area contributed by atoms with E-state index in [9.17, 15) is 0 Å². The van der Waals surface area contributed by atoms with Gasteiger partial charge in [-0.05, 0) is 26.2 Å². The summed E-state index contributed by atoms with van der Waals surface area (Å²) in [5, 5.41) is 10.9. The fraction of sp³-hybridized carbons (Fsp3) is 0.429. The molecule has 31 heavy (non-hydrogen) atoms. The largest absolute Gasteiger partial charge is 0.341 e. The molecule has 4 aromatic rings. The van der Waals surface area contributed by atoms with Crippen molar-refractivity contribution in [1.29, 1.82) is 0 Å². The molecule has 4 aromatic heterocycles. The minimum atomic E-state index is 0.153. The van der Waals surface area contributed by atoms with Gasteiger partial charge in [-0.15, -0.1) is 21.5 Å². The van der Waals surface area contributed by atoms with Gasteiger partial charge in [-0.25, -0.2) is 15.0 Å². The van der Waals surface area contributed by atoms with Crippen molar-refractivity contribution < 1.29 is 0 Å². The van der Waals surface area contributed by atoms with E-state index in [1.807, 2.05) is 34.8 Å². The maximum atomic E-state index is 5.11. The first-order valence-electron chi connectivity index (χ1n) is 10.8. The van der Waals surface area contributed by atoms with Crippen LogP contribution in [-0.4, -0.2) is 45.3 Å². The summed E-state index contributed by atoms with van der Waals surface area (Å²) in [5.41, 5.74) is 3.59. The van der Waals surface area contributed by atoms with Crippen molar-refractivity contribution in [2.45, 2.75) is 58.0 Å². The zero-order chi connectivity index (χ0) is 20.9. The molecule has 0 N–H and O–H groups in total. The molecule has 2 aliphatic rings. The lowest BCUT2D eigenvalue weighted by molar-refractivity contribution is 0.467. The van der Waals surface area contributed by atoms with E-state index in [-0.39, 0.29) is 6.04 Å². The Balaban J connectivity index is 1.54. The van der Waals surface area contributed by atoms with E-state index in [1.165, 1.54) is 25.7 Å². The number of fused-ring (bicyclic) bond motifs is 3. The molecule has 10 heteroatoms. The predicted molar refractivity (Wildman–Crippen MR) is 118 cm³/mol. The van der Waals surface area contributed by atoms with Gasteiger partial charge in [0.15, 0.2) is 17.5 Å². The smallest absolute Gasteiger partial charge is 0.237 e. The van der Waals surface area contributed by atoms with Crippen molar-refractivity contribution in [1.82, 2.24) is 39.3 Å². The number of aryl methyl sites for hydroxylation is 1. The number of hydrogen-bond acceptors (Lipinski definition) is 8. The van der Waals surface area contributed by atoms with E-state index in [1.54, 1.807) is 17.5 Å². The molecule has 1 atom stereocenters. The van der Waals surface area contributed by atoms with Crippen molar-refractivity contribution in [2.24, 2.45) is 0 Å². The molecule has 0 aromatic carbocycles. The van der Waals surface area contributed by atoms with E-state index in [0.717, 1.165) is 41.1 Å². The third-order valence-electron chi connectivity index (χ3n) is 6.33. The predicted octanol–water partition coefficient (Wildman–Crippen LogP) is 3.89. The fourth-order valence-electron chi connectivity index (χ4n) is 4.95. The molecule has 1 saturated carbocycles. The molecule has 1 fully saturated rings. The van der Waals surface area contributed by atoms with Crippen LogP contribution in [-0.2, 0) is 0 Å². The molecule has 0 saturated heterocycles. The van der Waals surface area contributed by atoms with Crippen LogP contribution in [0.25, 0.3) is 23.2 Å². The maximum absolute atomic E-state index is 5.11. The highest BCUT2D eigenvalue weighted by Gasteiger charge is 2.39. The average molecular weight is 434 g/mol. The van der Waals surface area contributed by atoms with Crippen molar-refractivity contribution in [2.75, 3.05) is 4.90 Å². The second kappa shape index (κ2) is 7.23. The van der Waals surface area contributed by atoms with Gasteiger partial charge in [-0.2, -0.15) is 4.98 Å².